The number of carbonyl (C=O) groups excluding carboxylic acids is 1. The number of anilines is 1. The summed E-state index contributed by atoms with van der Waals surface area (Å²) < 4.78 is 6.16. The first-order valence-corrected chi connectivity index (χ1v) is 8.27. The van der Waals surface area contributed by atoms with Gasteiger partial charge in [0.15, 0.2) is 0 Å². The van der Waals surface area contributed by atoms with Crippen molar-refractivity contribution in [3.8, 4) is 0 Å². The van der Waals surface area contributed by atoms with Crippen LogP contribution in [0.1, 0.15) is 31.2 Å². The van der Waals surface area contributed by atoms with Crippen molar-refractivity contribution in [1.29, 1.82) is 0 Å². The third-order valence-corrected chi connectivity index (χ3v) is 4.66. The number of nitrogens with one attached hydrogen (secondary N) is 2. The summed E-state index contributed by atoms with van der Waals surface area (Å²) >= 11 is 3.50. The topological polar surface area (TPSA) is 50.4 Å². The number of rotatable bonds is 6. The van der Waals surface area contributed by atoms with E-state index in [9.17, 15) is 4.79 Å². The van der Waals surface area contributed by atoms with E-state index in [1.54, 1.807) is 7.11 Å². The molecule has 1 saturated heterocycles. The Labute approximate surface area is 146 Å². The van der Waals surface area contributed by atoms with E-state index in [1.165, 1.54) is 12.8 Å². The van der Waals surface area contributed by atoms with Gasteiger partial charge < -0.3 is 15.4 Å². The van der Waals surface area contributed by atoms with Gasteiger partial charge in [0, 0.05) is 29.3 Å². The van der Waals surface area contributed by atoms with E-state index in [-0.39, 0.29) is 18.3 Å². The zero-order valence-corrected chi connectivity index (χ0v) is 15.3. The monoisotopic (exact) mass is 390 g/mol. The van der Waals surface area contributed by atoms with Gasteiger partial charge in [0.25, 0.3) is 0 Å². The number of halogens is 2. The molecule has 0 atom stereocenters. The number of amides is 1. The third-order valence-electron chi connectivity index (χ3n) is 3.92. The molecule has 124 valence electrons. The summed E-state index contributed by atoms with van der Waals surface area (Å²) in [5.41, 5.74) is 1.82. The molecule has 1 aromatic rings. The van der Waals surface area contributed by atoms with Crippen molar-refractivity contribution in [2.45, 2.75) is 32.3 Å². The molecule has 0 aliphatic carbocycles. The molecule has 0 saturated carbocycles. The number of methoxy groups -OCH3 is 1. The van der Waals surface area contributed by atoms with Crippen molar-refractivity contribution < 1.29 is 9.53 Å². The van der Waals surface area contributed by atoms with Crippen molar-refractivity contribution in [3.05, 3.63) is 28.2 Å². The Hall–Kier alpha value is -0.620. The largest absolute Gasteiger partial charge is 0.380 e. The Kier molecular flexibility index (Phi) is 9.02. The molecule has 0 aromatic heterocycles. The van der Waals surface area contributed by atoms with Crippen LogP contribution in [0.2, 0.25) is 0 Å². The van der Waals surface area contributed by atoms with Gasteiger partial charge in [0.2, 0.25) is 5.91 Å². The van der Waals surface area contributed by atoms with Crippen molar-refractivity contribution >= 4 is 39.9 Å². The Bertz CT molecular complexity index is 479. The lowest BCUT2D eigenvalue weighted by Crippen LogP contribution is -2.28. The second-order valence-electron chi connectivity index (χ2n) is 5.48. The molecule has 0 spiro atoms. The zero-order valence-electron chi connectivity index (χ0n) is 12.9. The second-order valence-corrected chi connectivity index (χ2v) is 6.33. The molecule has 0 bridgehead atoms. The van der Waals surface area contributed by atoms with Crippen LogP contribution >= 0.6 is 28.3 Å². The maximum Gasteiger partial charge on any atom is 0.224 e. The zero-order chi connectivity index (χ0) is 15.1. The molecule has 1 fully saturated rings. The summed E-state index contributed by atoms with van der Waals surface area (Å²) in [5.74, 6) is 0.766. The van der Waals surface area contributed by atoms with E-state index in [1.807, 2.05) is 18.2 Å². The number of piperidine rings is 1. The average molecular weight is 392 g/mol. The summed E-state index contributed by atoms with van der Waals surface area (Å²) in [6.07, 6.45) is 3.92. The quantitative estimate of drug-likeness (QED) is 0.777. The molecule has 22 heavy (non-hydrogen) atoms. The number of carbonyl (C=O) groups is 1. The first-order chi connectivity index (χ1) is 10.2. The molecule has 1 heterocycles. The van der Waals surface area contributed by atoms with Crippen molar-refractivity contribution in [2.24, 2.45) is 5.92 Å². The molecule has 0 radical (unpaired) electrons. The van der Waals surface area contributed by atoms with E-state index < -0.39 is 0 Å². The molecule has 2 N–H and O–H groups in total. The van der Waals surface area contributed by atoms with Gasteiger partial charge in [-0.05, 0) is 50.4 Å². The minimum absolute atomic E-state index is 0. The van der Waals surface area contributed by atoms with Crippen LogP contribution in [0.15, 0.2) is 22.7 Å². The molecule has 2 rings (SSSR count). The van der Waals surface area contributed by atoms with Gasteiger partial charge >= 0.3 is 0 Å². The highest BCUT2D eigenvalue weighted by Gasteiger charge is 2.15. The van der Waals surface area contributed by atoms with E-state index in [0.29, 0.717) is 18.9 Å². The summed E-state index contributed by atoms with van der Waals surface area (Å²) in [5, 5.41) is 6.36. The van der Waals surface area contributed by atoms with Gasteiger partial charge in [-0.15, -0.1) is 12.4 Å². The third kappa shape index (κ3) is 5.88. The van der Waals surface area contributed by atoms with Gasteiger partial charge in [0.1, 0.15) is 0 Å². The van der Waals surface area contributed by atoms with Crippen LogP contribution < -0.4 is 10.6 Å². The number of benzene rings is 1. The molecule has 1 aromatic carbocycles. The fourth-order valence-corrected chi connectivity index (χ4v) is 3.17. The normalized spacial score (nSPS) is 15.2. The molecule has 0 unspecified atom stereocenters. The van der Waals surface area contributed by atoms with Gasteiger partial charge in [0.05, 0.1) is 6.61 Å². The minimum Gasteiger partial charge on any atom is -0.380 e. The maximum atomic E-state index is 12.1. The first-order valence-electron chi connectivity index (χ1n) is 7.47. The summed E-state index contributed by atoms with van der Waals surface area (Å²) in [7, 11) is 1.65. The van der Waals surface area contributed by atoms with Crippen molar-refractivity contribution in [1.82, 2.24) is 5.32 Å². The number of ether oxygens (including phenoxy) is 1. The van der Waals surface area contributed by atoms with Gasteiger partial charge in [-0.3, -0.25) is 4.79 Å². The number of hydrogen-bond acceptors (Lipinski definition) is 3. The summed E-state index contributed by atoms with van der Waals surface area (Å²) in [4.78, 5) is 12.1. The highest BCUT2D eigenvalue weighted by Crippen LogP contribution is 2.26. The smallest absolute Gasteiger partial charge is 0.224 e. The van der Waals surface area contributed by atoms with Crippen LogP contribution in [0, 0.1) is 5.92 Å². The molecule has 1 aliphatic rings. The Morgan fingerprint density at radius 2 is 2.14 bits per heavy atom. The van der Waals surface area contributed by atoms with E-state index >= 15 is 0 Å². The molecule has 6 heteroatoms. The van der Waals surface area contributed by atoms with Crippen molar-refractivity contribution in [2.75, 3.05) is 25.5 Å². The predicted octanol–water partition coefficient (Wildman–Crippen LogP) is 3.74. The van der Waals surface area contributed by atoms with Gasteiger partial charge in [-0.2, -0.15) is 0 Å². The van der Waals surface area contributed by atoms with Gasteiger partial charge in [-0.25, -0.2) is 0 Å². The predicted molar refractivity (Wildman–Crippen MR) is 95.6 cm³/mol. The van der Waals surface area contributed by atoms with E-state index in [0.717, 1.165) is 35.2 Å². The standard InChI is InChI=1S/C16H23BrN2O2.ClH/c1-21-11-13-14(17)3-2-4-15(13)19-16(20)6-5-12-7-9-18-10-8-12;/h2-4,12,18H,5-11H2,1H3,(H,19,20);1H. The highest BCUT2D eigenvalue weighted by atomic mass is 79.9. The Morgan fingerprint density at radius 1 is 1.41 bits per heavy atom. The SMILES string of the molecule is COCc1c(Br)cccc1NC(=O)CCC1CCNCC1.Cl. The summed E-state index contributed by atoms with van der Waals surface area (Å²) in [6.45, 7) is 2.64. The lowest BCUT2D eigenvalue weighted by atomic mass is 9.93. The van der Waals surface area contributed by atoms with E-state index in [4.69, 9.17) is 4.74 Å². The van der Waals surface area contributed by atoms with E-state index in [2.05, 4.69) is 26.6 Å². The fourth-order valence-electron chi connectivity index (χ4n) is 2.69. The molecular formula is C16H24BrClN2O2. The summed E-state index contributed by atoms with van der Waals surface area (Å²) in [6, 6.07) is 5.80. The lowest BCUT2D eigenvalue weighted by molar-refractivity contribution is -0.116. The van der Waals surface area contributed by atoms with Crippen molar-refractivity contribution in [3.63, 3.8) is 0 Å². The van der Waals surface area contributed by atoms with Crippen LogP contribution in [-0.2, 0) is 16.1 Å². The van der Waals surface area contributed by atoms with Crippen LogP contribution in [0.25, 0.3) is 0 Å². The van der Waals surface area contributed by atoms with Crippen LogP contribution in [0.3, 0.4) is 0 Å². The maximum absolute atomic E-state index is 12.1. The molecular weight excluding hydrogens is 368 g/mol. The van der Waals surface area contributed by atoms with Crippen LogP contribution in [0.4, 0.5) is 5.69 Å². The minimum atomic E-state index is 0. The lowest BCUT2D eigenvalue weighted by Gasteiger charge is -2.22. The highest BCUT2D eigenvalue weighted by molar-refractivity contribution is 9.10. The number of hydrogen-bond donors (Lipinski definition) is 2. The van der Waals surface area contributed by atoms with Crippen LogP contribution in [0.5, 0.6) is 0 Å². The fraction of sp³-hybridized carbons (Fsp3) is 0.562. The first kappa shape index (κ1) is 19.4. The van der Waals surface area contributed by atoms with Crippen LogP contribution in [-0.4, -0.2) is 26.1 Å². The molecule has 4 nitrogen and oxygen atoms in total. The molecule has 1 aliphatic heterocycles. The Morgan fingerprint density at radius 3 is 2.82 bits per heavy atom. The van der Waals surface area contributed by atoms with Gasteiger partial charge in [-0.1, -0.05) is 22.0 Å². The second kappa shape index (κ2) is 10.2. The Balaban J connectivity index is 0.00000242. The molecule has 1 amide bonds. The average Bonchev–Trinajstić information content (AvgIpc) is 2.50.